The van der Waals surface area contributed by atoms with Gasteiger partial charge in [-0.15, -0.1) is 0 Å². The first-order chi connectivity index (χ1) is 9.49. The van der Waals surface area contributed by atoms with E-state index in [1.54, 1.807) is 30.1 Å². The maximum atomic E-state index is 12.2. The van der Waals surface area contributed by atoms with Crippen LogP contribution in [0, 0.1) is 12.8 Å². The van der Waals surface area contributed by atoms with E-state index in [1.165, 1.54) is 0 Å². The predicted molar refractivity (Wildman–Crippen MR) is 75.3 cm³/mol. The van der Waals surface area contributed by atoms with Gasteiger partial charge in [-0.3, -0.25) is 9.89 Å². The van der Waals surface area contributed by atoms with Gasteiger partial charge in [0.05, 0.1) is 6.20 Å². The van der Waals surface area contributed by atoms with Gasteiger partial charge in [0.25, 0.3) is 0 Å². The lowest BCUT2D eigenvalue weighted by atomic mass is 9.96. The lowest BCUT2D eigenvalue weighted by Crippen LogP contribution is -2.45. The number of amides is 3. The molecule has 0 radical (unpaired) electrons. The molecule has 1 aliphatic heterocycles. The van der Waals surface area contributed by atoms with E-state index in [1.807, 2.05) is 6.92 Å². The number of nitrogens with zero attached hydrogens (tertiary/aromatic N) is 3. The molecule has 7 nitrogen and oxygen atoms in total. The number of nitrogens with one attached hydrogen (secondary N) is 2. The second-order valence-corrected chi connectivity index (χ2v) is 5.36. The van der Waals surface area contributed by atoms with Crippen molar-refractivity contribution in [2.24, 2.45) is 5.92 Å². The van der Waals surface area contributed by atoms with Crippen LogP contribution < -0.4 is 5.32 Å². The molecule has 0 bridgehead atoms. The lowest BCUT2D eigenvalue weighted by Gasteiger charge is -2.32. The quantitative estimate of drug-likeness (QED) is 0.849. The Bertz CT molecular complexity index is 489. The van der Waals surface area contributed by atoms with E-state index in [9.17, 15) is 9.59 Å². The second kappa shape index (κ2) is 5.94. The third-order valence-electron chi connectivity index (χ3n) is 3.60. The van der Waals surface area contributed by atoms with E-state index in [4.69, 9.17) is 0 Å². The Labute approximate surface area is 118 Å². The van der Waals surface area contributed by atoms with Crippen LogP contribution >= 0.6 is 0 Å². The van der Waals surface area contributed by atoms with Crippen molar-refractivity contribution < 1.29 is 9.59 Å². The minimum Gasteiger partial charge on any atom is -0.331 e. The molecule has 0 aliphatic carbocycles. The molecule has 7 heteroatoms. The number of piperidine rings is 1. The molecule has 0 atom stereocenters. The van der Waals surface area contributed by atoms with Crippen molar-refractivity contribution in [3.8, 4) is 0 Å². The molecule has 0 aromatic carbocycles. The largest absolute Gasteiger partial charge is 0.331 e. The number of hydrogen-bond acceptors (Lipinski definition) is 3. The van der Waals surface area contributed by atoms with Crippen LogP contribution in [-0.2, 0) is 4.79 Å². The van der Waals surface area contributed by atoms with Gasteiger partial charge in [0, 0.05) is 38.7 Å². The zero-order chi connectivity index (χ0) is 14.7. The van der Waals surface area contributed by atoms with Crippen LogP contribution in [-0.4, -0.2) is 59.1 Å². The number of hydrogen-bond donors (Lipinski definition) is 2. The van der Waals surface area contributed by atoms with Crippen molar-refractivity contribution in [2.45, 2.75) is 19.8 Å². The number of rotatable bonds is 2. The minimum absolute atomic E-state index is 0.00528. The molecule has 1 saturated heterocycles. The summed E-state index contributed by atoms with van der Waals surface area (Å²) in [5.74, 6) is 0.597. The number of aryl methyl sites for hydroxylation is 1. The fourth-order valence-electron chi connectivity index (χ4n) is 2.31. The van der Waals surface area contributed by atoms with E-state index >= 15 is 0 Å². The van der Waals surface area contributed by atoms with Crippen molar-refractivity contribution >= 4 is 17.8 Å². The summed E-state index contributed by atoms with van der Waals surface area (Å²) >= 11 is 0. The molecule has 2 N–H and O–H groups in total. The summed E-state index contributed by atoms with van der Waals surface area (Å²) in [6.45, 7) is 3.13. The van der Waals surface area contributed by atoms with Gasteiger partial charge in [-0.25, -0.2) is 4.79 Å². The second-order valence-electron chi connectivity index (χ2n) is 5.36. The highest BCUT2D eigenvalue weighted by molar-refractivity contribution is 5.92. The van der Waals surface area contributed by atoms with Crippen LogP contribution in [0.3, 0.4) is 0 Å². The van der Waals surface area contributed by atoms with Crippen molar-refractivity contribution in [3.05, 3.63) is 11.8 Å². The smallest absolute Gasteiger partial charge is 0.319 e. The summed E-state index contributed by atoms with van der Waals surface area (Å²) < 4.78 is 0. The summed E-state index contributed by atoms with van der Waals surface area (Å²) in [5.41, 5.74) is 0.915. The number of carbonyl (C=O) groups excluding carboxylic acids is 2. The van der Waals surface area contributed by atoms with Crippen LogP contribution in [0.1, 0.15) is 18.4 Å². The minimum atomic E-state index is -0.0519. The molecular formula is C13H21N5O2. The Morgan fingerprint density at radius 1 is 1.40 bits per heavy atom. The number of aromatic nitrogens is 2. The molecule has 0 spiro atoms. The normalized spacial score (nSPS) is 16.1. The van der Waals surface area contributed by atoms with Crippen LogP contribution in [0.2, 0.25) is 0 Å². The summed E-state index contributed by atoms with van der Waals surface area (Å²) in [5, 5.41) is 9.50. The molecule has 2 heterocycles. The Morgan fingerprint density at radius 3 is 2.55 bits per heavy atom. The van der Waals surface area contributed by atoms with Gasteiger partial charge in [-0.2, -0.15) is 5.10 Å². The first kappa shape index (κ1) is 14.4. The number of urea groups is 1. The maximum absolute atomic E-state index is 12.2. The van der Waals surface area contributed by atoms with E-state index in [0.717, 1.165) is 5.56 Å². The Hall–Kier alpha value is -2.05. The maximum Gasteiger partial charge on any atom is 0.319 e. The van der Waals surface area contributed by atoms with Gasteiger partial charge < -0.3 is 15.1 Å². The summed E-state index contributed by atoms with van der Waals surface area (Å²) in [7, 11) is 3.48. The molecule has 0 saturated carbocycles. The Balaban J connectivity index is 1.86. The van der Waals surface area contributed by atoms with Gasteiger partial charge in [0.1, 0.15) is 5.82 Å². The zero-order valence-electron chi connectivity index (χ0n) is 12.1. The van der Waals surface area contributed by atoms with E-state index in [2.05, 4.69) is 15.5 Å². The molecule has 20 heavy (non-hydrogen) atoms. The van der Waals surface area contributed by atoms with Gasteiger partial charge in [0.2, 0.25) is 5.91 Å². The first-order valence-electron chi connectivity index (χ1n) is 6.76. The van der Waals surface area contributed by atoms with Crippen molar-refractivity contribution in [3.63, 3.8) is 0 Å². The van der Waals surface area contributed by atoms with E-state index in [-0.39, 0.29) is 17.9 Å². The highest BCUT2D eigenvalue weighted by Gasteiger charge is 2.28. The number of carbonyl (C=O) groups is 2. The predicted octanol–water partition coefficient (Wildman–Crippen LogP) is 1.05. The van der Waals surface area contributed by atoms with E-state index < -0.39 is 0 Å². The van der Waals surface area contributed by atoms with Gasteiger partial charge >= 0.3 is 6.03 Å². The van der Waals surface area contributed by atoms with Crippen molar-refractivity contribution in [1.82, 2.24) is 20.0 Å². The first-order valence-corrected chi connectivity index (χ1v) is 6.76. The number of aromatic amines is 1. The monoisotopic (exact) mass is 279 g/mol. The van der Waals surface area contributed by atoms with Crippen LogP contribution in [0.25, 0.3) is 0 Å². The molecule has 0 unspecified atom stereocenters. The van der Waals surface area contributed by atoms with E-state index in [0.29, 0.717) is 31.7 Å². The fourth-order valence-corrected chi connectivity index (χ4v) is 2.31. The lowest BCUT2D eigenvalue weighted by molar-refractivity contribution is -0.121. The van der Waals surface area contributed by atoms with Crippen LogP contribution in [0.5, 0.6) is 0 Å². The third-order valence-corrected chi connectivity index (χ3v) is 3.60. The highest BCUT2D eigenvalue weighted by atomic mass is 16.2. The fraction of sp³-hybridized carbons (Fsp3) is 0.615. The average Bonchev–Trinajstić information content (AvgIpc) is 2.83. The highest BCUT2D eigenvalue weighted by Crippen LogP contribution is 2.20. The van der Waals surface area contributed by atoms with Gasteiger partial charge in [0.15, 0.2) is 0 Å². The zero-order valence-corrected chi connectivity index (χ0v) is 12.1. The number of likely N-dealkylation sites (tertiary alicyclic amines) is 1. The number of anilines is 1. The van der Waals surface area contributed by atoms with Crippen LogP contribution in [0.4, 0.5) is 10.6 Å². The van der Waals surface area contributed by atoms with Crippen molar-refractivity contribution in [2.75, 3.05) is 32.5 Å². The standard InChI is InChI=1S/C13H21N5O2/c1-9-8-14-16-11(9)15-12(19)10-4-6-18(7-5-10)13(20)17(2)3/h8,10H,4-7H2,1-3H3,(H2,14,15,16,19). The average molecular weight is 279 g/mol. The summed E-state index contributed by atoms with van der Waals surface area (Å²) in [6.07, 6.45) is 3.06. The summed E-state index contributed by atoms with van der Waals surface area (Å²) in [4.78, 5) is 27.3. The molecule has 1 aliphatic rings. The number of H-pyrrole nitrogens is 1. The van der Waals surface area contributed by atoms with Gasteiger partial charge in [-0.1, -0.05) is 0 Å². The molecular weight excluding hydrogens is 258 g/mol. The van der Waals surface area contributed by atoms with Gasteiger partial charge in [-0.05, 0) is 19.8 Å². The summed E-state index contributed by atoms with van der Waals surface area (Å²) in [6, 6.07) is 0.00766. The SMILES string of the molecule is Cc1cn[nH]c1NC(=O)C1CCN(C(=O)N(C)C)CC1. The molecule has 3 amide bonds. The van der Waals surface area contributed by atoms with Crippen LogP contribution in [0.15, 0.2) is 6.20 Å². The molecule has 2 rings (SSSR count). The Morgan fingerprint density at radius 2 is 2.05 bits per heavy atom. The molecule has 1 aromatic rings. The Kier molecular flexibility index (Phi) is 4.26. The third kappa shape index (κ3) is 3.09. The van der Waals surface area contributed by atoms with Crippen molar-refractivity contribution in [1.29, 1.82) is 0 Å². The molecule has 1 fully saturated rings. The topological polar surface area (TPSA) is 81.3 Å². The molecule has 110 valence electrons. The molecule has 1 aromatic heterocycles.